The van der Waals surface area contributed by atoms with Crippen molar-refractivity contribution in [1.29, 1.82) is 10.5 Å². The largest absolute Gasteiger partial charge is 0.311 e. The summed E-state index contributed by atoms with van der Waals surface area (Å²) >= 11 is 1.00. The highest BCUT2D eigenvalue weighted by atomic mass is 32.1. The highest BCUT2D eigenvalue weighted by molar-refractivity contribution is 7.14. The number of aryl methyl sites for hydroxylation is 2. The zero-order valence-electron chi connectivity index (χ0n) is 26.3. The van der Waals surface area contributed by atoms with Gasteiger partial charge in [-0.15, -0.1) is 11.3 Å². The fourth-order valence-electron chi connectivity index (χ4n) is 5.35. The lowest BCUT2D eigenvalue weighted by Gasteiger charge is -2.26. The van der Waals surface area contributed by atoms with Crippen LogP contribution in [0, 0.1) is 46.2 Å². The molecule has 9 heteroatoms. The van der Waals surface area contributed by atoms with Gasteiger partial charge >= 0.3 is 0 Å². The number of aromatic nitrogens is 1. The van der Waals surface area contributed by atoms with Crippen LogP contribution in [-0.2, 0) is 12.8 Å². The van der Waals surface area contributed by atoms with Gasteiger partial charge in [0.15, 0.2) is 11.6 Å². The second kappa shape index (κ2) is 15.4. The van der Waals surface area contributed by atoms with Crippen LogP contribution in [0.1, 0.15) is 58.7 Å². The molecule has 0 N–H and O–H groups in total. The number of nitriles is 2. The Kier molecular flexibility index (Phi) is 10.8. The Morgan fingerprint density at radius 1 is 0.688 bits per heavy atom. The molecule has 2 heterocycles. The lowest BCUT2D eigenvalue weighted by Crippen LogP contribution is -2.10. The van der Waals surface area contributed by atoms with Crippen LogP contribution in [0.4, 0.5) is 34.6 Å². The van der Waals surface area contributed by atoms with Crippen molar-refractivity contribution in [2.75, 3.05) is 4.90 Å². The van der Waals surface area contributed by atoms with Crippen LogP contribution in [-0.4, -0.2) is 4.98 Å². The van der Waals surface area contributed by atoms with E-state index in [-0.39, 0.29) is 4.88 Å². The van der Waals surface area contributed by atoms with Gasteiger partial charge in [0.1, 0.15) is 17.7 Å². The summed E-state index contributed by atoms with van der Waals surface area (Å²) in [6.45, 7) is 4.32. The summed E-state index contributed by atoms with van der Waals surface area (Å²) < 4.78 is 57.3. The first-order chi connectivity index (χ1) is 23.3. The molecule has 240 valence electrons. The van der Waals surface area contributed by atoms with Gasteiger partial charge in [0.2, 0.25) is 0 Å². The minimum atomic E-state index is -1.88. The van der Waals surface area contributed by atoms with E-state index in [0.29, 0.717) is 4.88 Å². The number of nitrogens with zero attached hydrogens (tertiary/aromatic N) is 4. The predicted molar refractivity (Wildman–Crippen MR) is 184 cm³/mol. The van der Waals surface area contributed by atoms with E-state index in [2.05, 4.69) is 72.3 Å². The van der Waals surface area contributed by atoms with Crippen molar-refractivity contribution in [2.45, 2.75) is 39.5 Å². The molecule has 48 heavy (non-hydrogen) atoms. The number of pyridine rings is 1. The number of anilines is 3. The zero-order valence-corrected chi connectivity index (χ0v) is 27.1. The van der Waals surface area contributed by atoms with Gasteiger partial charge in [-0.2, -0.15) is 24.3 Å². The van der Waals surface area contributed by atoms with Crippen molar-refractivity contribution in [1.82, 2.24) is 4.98 Å². The molecule has 0 amide bonds. The van der Waals surface area contributed by atoms with Crippen molar-refractivity contribution in [3.63, 3.8) is 0 Å². The Hall–Kier alpha value is -5.51. The van der Waals surface area contributed by atoms with Gasteiger partial charge in [-0.3, -0.25) is 0 Å². The molecule has 0 aliphatic carbocycles. The van der Waals surface area contributed by atoms with Crippen molar-refractivity contribution < 1.29 is 17.6 Å². The van der Waals surface area contributed by atoms with E-state index in [1.807, 2.05) is 30.3 Å². The van der Waals surface area contributed by atoms with Crippen molar-refractivity contribution in [3.05, 3.63) is 146 Å². The van der Waals surface area contributed by atoms with Crippen LogP contribution < -0.4 is 4.90 Å². The van der Waals surface area contributed by atoms with Gasteiger partial charge in [-0.1, -0.05) is 69.2 Å². The minimum Gasteiger partial charge on any atom is -0.311 e. The molecule has 0 atom stereocenters. The summed E-state index contributed by atoms with van der Waals surface area (Å²) in [5.41, 5.74) is 4.07. The van der Waals surface area contributed by atoms with E-state index in [1.54, 1.807) is 24.3 Å². The Bertz CT molecular complexity index is 1960. The molecule has 0 bridgehead atoms. The summed E-state index contributed by atoms with van der Waals surface area (Å²) in [6.07, 6.45) is 7.78. The Balaban J connectivity index is 1.45. The molecule has 0 fully saturated rings. The fourth-order valence-corrected chi connectivity index (χ4v) is 6.32. The van der Waals surface area contributed by atoms with Gasteiger partial charge in [0, 0.05) is 32.4 Å². The number of halogens is 4. The van der Waals surface area contributed by atoms with Gasteiger partial charge in [0.05, 0.1) is 5.56 Å². The monoisotopic (exact) mass is 662 g/mol. The number of hydrogen-bond acceptors (Lipinski definition) is 5. The third-order valence-corrected chi connectivity index (χ3v) is 8.72. The molecule has 0 radical (unpaired) electrons. The molecular weight excluding hydrogens is 633 g/mol. The number of rotatable bonds is 11. The number of hydrogen-bond donors (Lipinski definition) is 0. The van der Waals surface area contributed by atoms with Gasteiger partial charge < -0.3 is 4.90 Å². The lowest BCUT2D eigenvalue weighted by atomic mass is 9.99. The molecule has 0 saturated heterocycles. The lowest BCUT2D eigenvalue weighted by molar-refractivity contribution is 0.404. The quantitative estimate of drug-likeness (QED) is 0.0802. The van der Waals surface area contributed by atoms with Crippen LogP contribution in [0.2, 0.25) is 0 Å². The average molecular weight is 663 g/mol. The van der Waals surface area contributed by atoms with E-state index < -0.39 is 40.2 Å². The van der Waals surface area contributed by atoms with Crippen LogP contribution in [0.15, 0.2) is 90.5 Å². The number of allylic oxidation sites excluding steroid dienone is 1. The van der Waals surface area contributed by atoms with Gasteiger partial charge in [-0.25, -0.2) is 8.78 Å². The summed E-state index contributed by atoms with van der Waals surface area (Å²) in [6, 6.07) is 31.3. The molecule has 0 aliphatic rings. The molecular formula is C39H30F4N4S. The molecule has 4 nitrogen and oxygen atoms in total. The highest BCUT2D eigenvalue weighted by Gasteiger charge is 2.28. The topological polar surface area (TPSA) is 63.7 Å². The number of benzene rings is 3. The van der Waals surface area contributed by atoms with Crippen LogP contribution in [0.3, 0.4) is 0 Å². The summed E-state index contributed by atoms with van der Waals surface area (Å²) in [7, 11) is 0. The molecule has 0 spiro atoms. The maximum Gasteiger partial charge on any atom is 0.252 e. The first kappa shape index (κ1) is 33.8. The average Bonchev–Trinajstić information content (AvgIpc) is 3.57. The smallest absolute Gasteiger partial charge is 0.252 e. The summed E-state index contributed by atoms with van der Waals surface area (Å²) in [5.74, 6) is -7.34. The van der Waals surface area contributed by atoms with Crippen molar-refractivity contribution in [3.8, 4) is 12.1 Å². The van der Waals surface area contributed by atoms with Gasteiger partial charge in [0.25, 0.3) is 11.9 Å². The molecule has 0 unspecified atom stereocenters. The maximum atomic E-state index is 14.7. The fraction of sp³-hybridized carbons (Fsp3) is 0.154. The van der Waals surface area contributed by atoms with E-state index in [4.69, 9.17) is 0 Å². The Labute approximate surface area is 281 Å². The molecule has 5 rings (SSSR count). The van der Waals surface area contributed by atoms with Crippen LogP contribution in [0.25, 0.3) is 17.7 Å². The first-order valence-electron chi connectivity index (χ1n) is 15.4. The Morgan fingerprint density at radius 2 is 1.17 bits per heavy atom. The van der Waals surface area contributed by atoms with E-state index in [0.717, 1.165) is 59.6 Å². The second-order valence-corrected chi connectivity index (χ2v) is 12.1. The second-order valence-electron chi connectivity index (χ2n) is 11.0. The zero-order chi connectivity index (χ0) is 34.2. The van der Waals surface area contributed by atoms with Crippen LogP contribution in [0.5, 0.6) is 0 Å². The van der Waals surface area contributed by atoms with Crippen molar-refractivity contribution in [2.24, 2.45) is 0 Å². The molecule has 0 saturated carbocycles. The third-order valence-electron chi connectivity index (χ3n) is 7.65. The van der Waals surface area contributed by atoms with Crippen molar-refractivity contribution >= 4 is 46.1 Å². The summed E-state index contributed by atoms with van der Waals surface area (Å²) in [4.78, 5) is 5.47. The molecule has 5 aromatic rings. The Morgan fingerprint density at radius 3 is 1.62 bits per heavy atom. The standard InChI is InChI=1S/C39H30F4N4S/c1-3-5-25-7-14-29(15-8-25)47(30-16-9-26(6-4-2)10-17-30)31-18-11-27(12-19-31)13-20-32-21-22-33(48-32)34(28(23-44)24-45)35-36(40)38(42)46-39(43)37(35)41/h7-22H,3-6H2,1-2H3/b20-13+. The third kappa shape index (κ3) is 7.38. The van der Waals surface area contributed by atoms with Gasteiger partial charge in [-0.05, 0) is 84.1 Å². The molecule has 0 aliphatic heterocycles. The summed E-state index contributed by atoms with van der Waals surface area (Å²) in [5, 5.41) is 19.0. The maximum absolute atomic E-state index is 14.7. The minimum absolute atomic E-state index is 0.0800. The van der Waals surface area contributed by atoms with Crippen LogP contribution >= 0.6 is 11.3 Å². The normalized spacial score (nSPS) is 10.9. The first-order valence-corrected chi connectivity index (χ1v) is 16.2. The van der Waals surface area contributed by atoms with E-state index in [9.17, 15) is 28.1 Å². The highest BCUT2D eigenvalue weighted by Crippen LogP contribution is 2.38. The predicted octanol–water partition coefficient (Wildman–Crippen LogP) is 11.1. The van der Waals surface area contributed by atoms with E-state index >= 15 is 0 Å². The molecule has 3 aromatic carbocycles. The SMILES string of the molecule is CCCc1ccc(N(c2ccc(/C=C/c3ccc(C(=C(C#N)C#N)c4c(F)c(F)nc(F)c4F)s3)cc2)c2ccc(CCC)cc2)cc1. The number of thiophene rings is 1. The molecule has 2 aromatic heterocycles. The van der Waals surface area contributed by atoms with E-state index in [1.165, 1.54) is 17.2 Å².